The van der Waals surface area contributed by atoms with Crippen LogP contribution in [0.15, 0.2) is 18.2 Å². The van der Waals surface area contributed by atoms with Gasteiger partial charge in [-0.25, -0.2) is 4.39 Å². The number of nitrogens with one attached hydrogen (secondary N) is 1. The third-order valence-electron chi connectivity index (χ3n) is 4.39. The second-order valence-electron chi connectivity index (χ2n) is 5.24. The van der Waals surface area contributed by atoms with Gasteiger partial charge in [0.15, 0.2) is 0 Å². The Morgan fingerprint density at radius 2 is 2.11 bits per heavy atom. The van der Waals surface area contributed by atoms with Gasteiger partial charge in [0, 0.05) is 31.7 Å². The zero-order chi connectivity index (χ0) is 13.9. The maximum atomic E-state index is 13.5. The molecule has 1 saturated heterocycles. The van der Waals surface area contributed by atoms with Gasteiger partial charge in [-0.2, -0.15) is 0 Å². The Kier molecular flexibility index (Phi) is 4.82. The predicted octanol–water partition coefficient (Wildman–Crippen LogP) is 3.44. The van der Waals surface area contributed by atoms with Crippen molar-refractivity contribution in [2.24, 2.45) is 0 Å². The lowest BCUT2D eigenvalue weighted by molar-refractivity contribution is 0.0447. The molecule has 1 aliphatic rings. The summed E-state index contributed by atoms with van der Waals surface area (Å²) < 4.78 is 13.5. The van der Waals surface area contributed by atoms with Gasteiger partial charge < -0.3 is 5.32 Å². The third kappa shape index (κ3) is 2.93. The first kappa shape index (κ1) is 14.8. The fraction of sp³-hybridized carbons (Fsp3) is 0.600. The van der Waals surface area contributed by atoms with E-state index in [1.165, 1.54) is 6.07 Å². The van der Waals surface area contributed by atoms with Gasteiger partial charge in [-0.1, -0.05) is 37.6 Å². The van der Waals surface area contributed by atoms with Crippen molar-refractivity contribution in [1.29, 1.82) is 0 Å². The lowest BCUT2D eigenvalue weighted by Crippen LogP contribution is -2.60. The summed E-state index contributed by atoms with van der Waals surface area (Å²) in [4.78, 5) is 2.45. The average Bonchev–Trinajstić information content (AvgIpc) is 2.44. The van der Waals surface area contributed by atoms with Crippen molar-refractivity contribution in [1.82, 2.24) is 10.2 Å². The van der Waals surface area contributed by atoms with Crippen LogP contribution >= 0.6 is 11.6 Å². The first-order valence-electron chi connectivity index (χ1n) is 7.01. The molecule has 2 nitrogen and oxygen atoms in total. The summed E-state index contributed by atoms with van der Waals surface area (Å²) in [7, 11) is 0. The molecular formula is C15H22ClFN2. The molecule has 19 heavy (non-hydrogen) atoms. The Labute approximate surface area is 119 Å². The zero-order valence-electron chi connectivity index (χ0n) is 11.7. The molecular weight excluding hydrogens is 263 g/mol. The number of nitrogens with zero attached hydrogens (tertiary/aromatic N) is 1. The lowest BCUT2D eigenvalue weighted by atomic mass is 9.88. The van der Waals surface area contributed by atoms with Gasteiger partial charge in [0.25, 0.3) is 0 Å². The highest BCUT2D eigenvalue weighted by molar-refractivity contribution is 6.31. The maximum absolute atomic E-state index is 13.5. The fourth-order valence-corrected chi connectivity index (χ4v) is 3.14. The van der Waals surface area contributed by atoms with Gasteiger partial charge in [-0.05, 0) is 24.5 Å². The van der Waals surface area contributed by atoms with Crippen LogP contribution in [0.5, 0.6) is 0 Å². The molecule has 1 aromatic rings. The van der Waals surface area contributed by atoms with Crippen LogP contribution in [-0.4, -0.2) is 30.1 Å². The molecule has 0 saturated carbocycles. The van der Waals surface area contributed by atoms with E-state index in [4.69, 9.17) is 11.6 Å². The van der Waals surface area contributed by atoms with Crippen molar-refractivity contribution in [2.45, 2.75) is 38.8 Å². The van der Waals surface area contributed by atoms with Crippen LogP contribution in [0.3, 0.4) is 0 Å². The number of hydrogen-bond acceptors (Lipinski definition) is 2. The van der Waals surface area contributed by atoms with Crippen LogP contribution in [-0.2, 0) is 6.54 Å². The Bertz CT molecular complexity index is 432. The van der Waals surface area contributed by atoms with Gasteiger partial charge in [-0.15, -0.1) is 0 Å². The Hall–Kier alpha value is -0.640. The molecule has 1 aliphatic heterocycles. The molecule has 0 aliphatic carbocycles. The van der Waals surface area contributed by atoms with E-state index in [1.807, 2.05) is 6.07 Å². The molecule has 2 rings (SSSR count). The van der Waals surface area contributed by atoms with Crippen molar-refractivity contribution in [3.05, 3.63) is 34.6 Å². The van der Waals surface area contributed by atoms with Crippen LogP contribution < -0.4 is 5.32 Å². The van der Waals surface area contributed by atoms with E-state index >= 15 is 0 Å². The monoisotopic (exact) mass is 284 g/mol. The first-order valence-corrected chi connectivity index (χ1v) is 7.39. The molecule has 0 aromatic heterocycles. The second-order valence-corrected chi connectivity index (χ2v) is 5.62. The smallest absolute Gasteiger partial charge is 0.142 e. The van der Waals surface area contributed by atoms with E-state index in [0.717, 1.165) is 44.6 Å². The maximum Gasteiger partial charge on any atom is 0.142 e. The number of rotatable bonds is 4. The van der Waals surface area contributed by atoms with E-state index in [2.05, 4.69) is 24.1 Å². The van der Waals surface area contributed by atoms with Gasteiger partial charge in [0.05, 0.1) is 5.02 Å². The molecule has 4 heteroatoms. The van der Waals surface area contributed by atoms with Gasteiger partial charge in [0.1, 0.15) is 5.82 Å². The van der Waals surface area contributed by atoms with Crippen LogP contribution in [0.25, 0.3) is 0 Å². The largest absolute Gasteiger partial charge is 0.314 e. The number of piperazine rings is 1. The summed E-state index contributed by atoms with van der Waals surface area (Å²) in [5.74, 6) is -0.326. The SMILES string of the molecule is CCC1(CC)CNCCN1Cc1cccc(F)c1Cl. The highest BCUT2D eigenvalue weighted by Gasteiger charge is 2.35. The van der Waals surface area contributed by atoms with E-state index < -0.39 is 0 Å². The molecule has 1 fully saturated rings. The lowest BCUT2D eigenvalue weighted by Gasteiger charge is -2.47. The van der Waals surface area contributed by atoms with Crippen molar-refractivity contribution >= 4 is 11.6 Å². The van der Waals surface area contributed by atoms with Crippen molar-refractivity contribution in [3.63, 3.8) is 0 Å². The molecule has 1 aromatic carbocycles. The number of benzene rings is 1. The summed E-state index contributed by atoms with van der Waals surface area (Å²) >= 11 is 6.07. The average molecular weight is 285 g/mol. The molecule has 0 atom stereocenters. The van der Waals surface area contributed by atoms with E-state index in [9.17, 15) is 4.39 Å². The number of hydrogen-bond donors (Lipinski definition) is 1. The normalized spacial score (nSPS) is 19.6. The molecule has 0 amide bonds. The Morgan fingerprint density at radius 1 is 1.37 bits per heavy atom. The molecule has 0 spiro atoms. The molecule has 0 unspecified atom stereocenters. The minimum atomic E-state index is -0.326. The van der Waals surface area contributed by atoms with Gasteiger partial charge >= 0.3 is 0 Å². The summed E-state index contributed by atoms with van der Waals surface area (Å²) in [5, 5.41) is 3.74. The van der Waals surface area contributed by atoms with E-state index in [0.29, 0.717) is 0 Å². The summed E-state index contributed by atoms with van der Waals surface area (Å²) in [6.07, 6.45) is 2.17. The number of halogens is 2. The Balaban J connectivity index is 2.22. The van der Waals surface area contributed by atoms with Crippen molar-refractivity contribution in [3.8, 4) is 0 Å². The predicted molar refractivity (Wildman–Crippen MR) is 78.0 cm³/mol. The van der Waals surface area contributed by atoms with Gasteiger partial charge in [-0.3, -0.25) is 4.90 Å². The fourth-order valence-electron chi connectivity index (χ4n) is 2.95. The molecule has 0 bridgehead atoms. The Morgan fingerprint density at radius 3 is 2.79 bits per heavy atom. The highest BCUT2D eigenvalue weighted by atomic mass is 35.5. The molecule has 1 heterocycles. The van der Waals surface area contributed by atoms with Crippen LogP contribution in [0.4, 0.5) is 4.39 Å². The molecule has 1 N–H and O–H groups in total. The van der Waals surface area contributed by atoms with Crippen LogP contribution in [0.1, 0.15) is 32.3 Å². The van der Waals surface area contributed by atoms with Crippen LogP contribution in [0.2, 0.25) is 5.02 Å². The van der Waals surface area contributed by atoms with Gasteiger partial charge in [0.2, 0.25) is 0 Å². The molecule has 0 radical (unpaired) electrons. The quantitative estimate of drug-likeness (QED) is 0.911. The van der Waals surface area contributed by atoms with Crippen molar-refractivity contribution < 1.29 is 4.39 Å². The van der Waals surface area contributed by atoms with Crippen molar-refractivity contribution in [2.75, 3.05) is 19.6 Å². The second kappa shape index (κ2) is 6.21. The van der Waals surface area contributed by atoms with E-state index in [1.54, 1.807) is 6.07 Å². The topological polar surface area (TPSA) is 15.3 Å². The zero-order valence-corrected chi connectivity index (χ0v) is 12.4. The highest BCUT2D eigenvalue weighted by Crippen LogP contribution is 2.29. The third-order valence-corrected chi connectivity index (χ3v) is 4.82. The standard InChI is InChI=1S/C15H22ClFN2/c1-3-15(4-2)11-18-8-9-19(15)10-12-6-5-7-13(17)14(12)16/h5-7,18H,3-4,8-11H2,1-2H3. The minimum absolute atomic E-state index is 0.161. The summed E-state index contributed by atoms with van der Waals surface area (Å²) in [6, 6.07) is 5.07. The first-order chi connectivity index (χ1) is 9.13. The minimum Gasteiger partial charge on any atom is -0.314 e. The summed E-state index contributed by atoms with van der Waals surface area (Å²) in [6.45, 7) is 8.11. The van der Waals surface area contributed by atoms with Crippen LogP contribution in [0, 0.1) is 5.82 Å². The summed E-state index contributed by atoms with van der Waals surface area (Å²) in [5.41, 5.74) is 1.04. The molecule has 106 valence electrons. The van der Waals surface area contributed by atoms with E-state index in [-0.39, 0.29) is 16.4 Å².